The summed E-state index contributed by atoms with van der Waals surface area (Å²) in [6, 6.07) is 4.94. The lowest BCUT2D eigenvalue weighted by Crippen LogP contribution is -2.55. The second-order valence-electron chi connectivity index (χ2n) is 7.88. The van der Waals surface area contributed by atoms with Crippen LogP contribution in [0.15, 0.2) is 24.4 Å². The number of aromatic nitrogens is 7. The Labute approximate surface area is 172 Å². The molecule has 2 unspecified atom stereocenters. The first-order valence-corrected chi connectivity index (χ1v) is 9.92. The first-order chi connectivity index (χ1) is 14.5. The summed E-state index contributed by atoms with van der Waals surface area (Å²) in [5.41, 5.74) is 1.47. The number of nitrogens with zero attached hydrogens (tertiary/aromatic N) is 8. The van der Waals surface area contributed by atoms with Crippen LogP contribution in [-0.2, 0) is 0 Å². The molecule has 4 heterocycles. The monoisotopic (exact) mass is 411 g/mol. The quantitative estimate of drug-likeness (QED) is 0.653. The van der Waals surface area contributed by atoms with Crippen molar-refractivity contribution in [2.75, 3.05) is 11.9 Å². The van der Waals surface area contributed by atoms with Gasteiger partial charge in [0.1, 0.15) is 17.6 Å². The van der Waals surface area contributed by atoms with E-state index in [4.69, 9.17) is 0 Å². The fourth-order valence-corrected chi connectivity index (χ4v) is 4.31. The normalized spacial score (nSPS) is 25.4. The number of phenolic OH excluding ortho intramolecular Hbond substituents is 1. The van der Waals surface area contributed by atoms with E-state index in [0.29, 0.717) is 34.8 Å². The number of hydrogen-bond donors (Lipinski definition) is 2. The highest BCUT2D eigenvalue weighted by atomic mass is 19.1. The van der Waals surface area contributed by atoms with E-state index in [1.165, 1.54) is 17.1 Å². The summed E-state index contributed by atoms with van der Waals surface area (Å²) in [6.07, 6.45) is 3.16. The number of fused-ring (bicyclic) bond motifs is 2. The highest BCUT2D eigenvalue weighted by Gasteiger charge is 2.44. The van der Waals surface area contributed by atoms with Gasteiger partial charge in [0.2, 0.25) is 5.95 Å². The number of benzene rings is 1. The van der Waals surface area contributed by atoms with Gasteiger partial charge in [-0.15, -0.1) is 25.2 Å². The zero-order valence-electron chi connectivity index (χ0n) is 16.6. The standard InChI is InChI=1S/C19H22FN9O/c1-10-23-27-29(26-10)12-4-5-13(17(30)8-12)15-9-21-19(25-24-15)28(2)16-7-11-3-6-14(22-11)18(16)20/h4-5,8-9,11,14,16,18,22,30H,3,6-7H2,1-2H3/t11?,14?,16-,18-/m1/s1. The zero-order chi connectivity index (χ0) is 20.8. The summed E-state index contributed by atoms with van der Waals surface area (Å²) in [7, 11) is 1.80. The molecule has 1 aromatic carbocycles. The molecule has 30 heavy (non-hydrogen) atoms. The van der Waals surface area contributed by atoms with Crippen molar-refractivity contribution in [3.8, 4) is 22.7 Å². The van der Waals surface area contributed by atoms with E-state index >= 15 is 0 Å². The molecule has 5 rings (SSSR count). The number of halogens is 1. The first kappa shape index (κ1) is 18.8. The summed E-state index contributed by atoms with van der Waals surface area (Å²) in [5.74, 6) is 0.898. The molecular weight excluding hydrogens is 389 g/mol. The Bertz CT molecular complexity index is 1060. The molecule has 4 atom stereocenters. The van der Waals surface area contributed by atoms with E-state index in [-0.39, 0.29) is 17.8 Å². The minimum atomic E-state index is -0.970. The SMILES string of the molecule is Cc1nnn(-c2ccc(-c3cnc(N(C)[C@@H]4CC5CCC(N5)[C@H]4F)nn3)c(O)c2)n1. The fraction of sp³-hybridized carbons (Fsp3) is 0.474. The van der Waals surface area contributed by atoms with Gasteiger partial charge in [-0.25, -0.2) is 9.37 Å². The summed E-state index contributed by atoms with van der Waals surface area (Å²) >= 11 is 0. The van der Waals surface area contributed by atoms with Gasteiger partial charge in [-0.2, -0.15) is 0 Å². The van der Waals surface area contributed by atoms with Crippen molar-refractivity contribution in [2.24, 2.45) is 0 Å². The van der Waals surface area contributed by atoms with Gasteiger partial charge in [0.25, 0.3) is 0 Å². The van der Waals surface area contributed by atoms with Gasteiger partial charge in [0.05, 0.1) is 17.9 Å². The molecule has 11 heteroatoms. The van der Waals surface area contributed by atoms with Crippen LogP contribution in [0.25, 0.3) is 16.9 Å². The maximum atomic E-state index is 14.8. The third kappa shape index (κ3) is 3.24. The van der Waals surface area contributed by atoms with Crippen molar-refractivity contribution in [1.82, 2.24) is 40.7 Å². The Balaban J connectivity index is 1.36. The molecule has 0 saturated carbocycles. The Morgan fingerprint density at radius 3 is 2.80 bits per heavy atom. The smallest absolute Gasteiger partial charge is 0.245 e. The van der Waals surface area contributed by atoms with Crippen LogP contribution in [0.1, 0.15) is 25.1 Å². The number of rotatable bonds is 4. The van der Waals surface area contributed by atoms with Crippen LogP contribution < -0.4 is 10.2 Å². The van der Waals surface area contributed by atoms with Gasteiger partial charge < -0.3 is 15.3 Å². The van der Waals surface area contributed by atoms with Crippen LogP contribution in [0.5, 0.6) is 5.75 Å². The Kier molecular flexibility index (Phi) is 4.54. The van der Waals surface area contributed by atoms with E-state index in [1.807, 2.05) is 0 Å². The van der Waals surface area contributed by atoms with E-state index < -0.39 is 6.17 Å². The first-order valence-electron chi connectivity index (χ1n) is 9.92. The number of hydrogen-bond acceptors (Lipinski definition) is 9. The van der Waals surface area contributed by atoms with E-state index in [1.54, 1.807) is 31.0 Å². The lowest BCUT2D eigenvalue weighted by molar-refractivity contribution is 0.175. The molecule has 2 aliphatic heterocycles. The maximum Gasteiger partial charge on any atom is 0.245 e. The van der Waals surface area contributed by atoms with Crippen LogP contribution in [0.3, 0.4) is 0 Å². The number of nitrogens with one attached hydrogen (secondary N) is 1. The number of tetrazole rings is 1. The molecule has 156 valence electrons. The second-order valence-corrected chi connectivity index (χ2v) is 7.88. The molecule has 2 fully saturated rings. The van der Waals surface area contributed by atoms with Gasteiger partial charge in [0.15, 0.2) is 5.82 Å². The highest BCUT2D eigenvalue weighted by Crippen LogP contribution is 2.33. The van der Waals surface area contributed by atoms with Gasteiger partial charge in [0, 0.05) is 30.8 Å². The molecule has 2 N–H and O–H groups in total. The molecule has 2 aliphatic rings. The Morgan fingerprint density at radius 2 is 2.10 bits per heavy atom. The molecule has 0 aliphatic carbocycles. The number of anilines is 1. The molecule has 3 aromatic rings. The molecular formula is C19H22FN9O. The topological polar surface area (TPSA) is 118 Å². The summed E-state index contributed by atoms with van der Waals surface area (Å²) in [6.45, 7) is 1.73. The summed E-state index contributed by atoms with van der Waals surface area (Å²) < 4.78 is 14.8. The fourth-order valence-electron chi connectivity index (χ4n) is 4.31. The van der Waals surface area contributed by atoms with Gasteiger partial charge >= 0.3 is 0 Å². The van der Waals surface area contributed by atoms with Crippen molar-refractivity contribution >= 4 is 5.95 Å². The number of alkyl halides is 1. The number of aryl methyl sites for hydroxylation is 1. The summed E-state index contributed by atoms with van der Waals surface area (Å²) in [5, 5.41) is 34.0. The molecule has 0 amide bonds. The number of piperidine rings is 1. The number of aromatic hydroxyl groups is 1. The van der Waals surface area contributed by atoms with Crippen molar-refractivity contribution in [2.45, 2.75) is 50.5 Å². The lowest BCUT2D eigenvalue weighted by Gasteiger charge is -2.38. The highest BCUT2D eigenvalue weighted by molar-refractivity contribution is 5.67. The second kappa shape index (κ2) is 7.24. The van der Waals surface area contributed by atoms with Crippen molar-refractivity contribution in [3.63, 3.8) is 0 Å². The van der Waals surface area contributed by atoms with Crippen molar-refractivity contribution < 1.29 is 9.50 Å². The molecule has 0 spiro atoms. The van der Waals surface area contributed by atoms with Crippen molar-refractivity contribution in [3.05, 3.63) is 30.2 Å². The van der Waals surface area contributed by atoms with Crippen LogP contribution in [0.2, 0.25) is 0 Å². The average Bonchev–Trinajstić information content (AvgIpc) is 3.37. The lowest BCUT2D eigenvalue weighted by atomic mass is 9.97. The summed E-state index contributed by atoms with van der Waals surface area (Å²) in [4.78, 5) is 7.48. The van der Waals surface area contributed by atoms with Crippen molar-refractivity contribution in [1.29, 1.82) is 0 Å². The minimum absolute atomic E-state index is 0.00147. The predicted molar refractivity (Wildman–Crippen MR) is 106 cm³/mol. The Hall–Kier alpha value is -3.21. The predicted octanol–water partition coefficient (Wildman–Crippen LogP) is 1.20. The van der Waals surface area contributed by atoms with Crippen LogP contribution in [-0.4, -0.2) is 71.8 Å². The van der Waals surface area contributed by atoms with Crippen LogP contribution in [0, 0.1) is 6.92 Å². The molecule has 2 bridgehead atoms. The van der Waals surface area contributed by atoms with Crippen LogP contribution in [0.4, 0.5) is 10.3 Å². The molecule has 2 aromatic heterocycles. The maximum absolute atomic E-state index is 14.8. The molecule has 10 nitrogen and oxygen atoms in total. The van der Waals surface area contributed by atoms with E-state index in [0.717, 1.165) is 19.3 Å². The van der Waals surface area contributed by atoms with Gasteiger partial charge in [-0.05, 0) is 43.5 Å². The minimum Gasteiger partial charge on any atom is -0.507 e. The van der Waals surface area contributed by atoms with Gasteiger partial charge in [-0.3, -0.25) is 0 Å². The third-order valence-corrected chi connectivity index (χ3v) is 5.92. The largest absolute Gasteiger partial charge is 0.507 e. The Morgan fingerprint density at radius 1 is 1.23 bits per heavy atom. The van der Waals surface area contributed by atoms with E-state index in [9.17, 15) is 9.50 Å². The molecule has 2 saturated heterocycles. The van der Waals surface area contributed by atoms with Gasteiger partial charge in [-0.1, -0.05) is 0 Å². The average molecular weight is 411 g/mol. The molecule has 0 radical (unpaired) electrons. The third-order valence-electron chi connectivity index (χ3n) is 5.92. The van der Waals surface area contributed by atoms with Crippen LogP contribution >= 0.6 is 0 Å². The zero-order valence-corrected chi connectivity index (χ0v) is 16.6. The number of phenols is 1. The van der Waals surface area contributed by atoms with E-state index in [2.05, 4.69) is 35.9 Å².